The third kappa shape index (κ3) is 9.50. The van der Waals surface area contributed by atoms with Crippen LogP contribution >= 0.6 is 0 Å². The Bertz CT molecular complexity index is 4000. The summed E-state index contributed by atoms with van der Waals surface area (Å²) in [5.41, 5.74) is 21.5. The van der Waals surface area contributed by atoms with Crippen LogP contribution in [0.5, 0.6) is 5.75 Å². The first kappa shape index (κ1) is 48.4. The van der Waals surface area contributed by atoms with Crippen molar-refractivity contribution in [2.24, 2.45) is 0 Å². The fourth-order valence-electron chi connectivity index (χ4n) is 10.5. The van der Waals surface area contributed by atoms with Gasteiger partial charge in [-0.1, -0.05) is 136 Å². The second-order valence-corrected chi connectivity index (χ2v) is 20.8. The fourth-order valence-corrected chi connectivity index (χ4v) is 10.5. The molecule has 1 unspecified atom stereocenters. The molecule has 6 aromatic carbocycles. The molecule has 11 rings (SSSR count). The average molecular weight is 976 g/mol. The predicted octanol–water partition coefficient (Wildman–Crippen LogP) is 17.1. The topological polar surface area (TPSA) is 89.1 Å². The van der Waals surface area contributed by atoms with Gasteiger partial charge < -0.3 is 9.52 Å². The Morgan fingerprint density at radius 3 is 2.04 bits per heavy atom. The lowest BCUT2D eigenvalue weighted by Gasteiger charge is -2.23. The molecule has 0 bridgehead atoms. The van der Waals surface area contributed by atoms with Gasteiger partial charge in [0.1, 0.15) is 11.3 Å². The van der Waals surface area contributed by atoms with E-state index in [1.807, 2.05) is 37.5 Å². The third-order valence-corrected chi connectivity index (χ3v) is 14.9. The number of phenols is 1. The number of ketones is 1. The number of furan rings is 1. The van der Waals surface area contributed by atoms with Gasteiger partial charge in [0, 0.05) is 57.5 Å². The van der Waals surface area contributed by atoms with Crippen LogP contribution in [0.1, 0.15) is 92.2 Å². The summed E-state index contributed by atoms with van der Waals surface area (Å²) in [5, 5.41) is 12.6. The molecule has 1 aliphatic rings. The van der Waals surface area contributed by atoms with Gasteiger partial charge in [-0.3, -0.25) is 14.8 Å². The van der Waals surface area contributed by atoms with E-state index in [0.717, 1.165) is 106 Å². The van der Waals surface area contributed by atoms with Gasteiger partial charge >= 0.3 is 0 Å². The van der Waals surface area contributed by atoms with E-state index < -0.39 is 0 Å². The van der Waals surface area contributed by atoms with Crippen molar-refractivity contribution in [2.45, 2.75) is 72.6 Å². The lowest BCUT2D eigenvalue weighted by Crippen LogP contribution is -2.11. The highest BCUT2D eigenvalue weighted by Gasteiger charge is 2.26. The smallest absolute Gasteiger partial charge is 0.227 e. The van der Waals surface area contributed by atoms with E-state index in [4.69, 9.17) is 14.4 Å². The molecule has 0 saturated carbocycles. The number of carbonyl (C=O) groups is 1. The normalized spacial score (nSPS) is 13.8. The summed E-state index contributed by atoms with van der Waals surface area (Å²) in [7, 11) is 0. The molecule has 0 saturated heterocycles. The number of carbonyl (C=O) groups excluding carboxylic acids is 1. The summed E-state index contributed by atoms with van der Waals surface area (Å²) in [6.07, 6.45) is 4.60. The lowest BCUT2D eigenvalue weighted by molar-refractivity contribution is 0.0980. The molecular weight excluding hydrogens is 919 g/mol. The number of aryl methyl sites for hydroxylation is 2. The molecule has 1 atom stereocenters. The number of hydrogen-bond acceptors (Lipinski definition) is 6. The van der Waals surface area contributed by atoms with Gasteiger partial charge in [0.15, 0.2) is 5.78 Å². The van der Waals surface area contributed by atoms with Crippen molar-refractivity contribution in [3.05, 3.63) is 232 Å². The molecule has 4 heterocycles. The summed E-state index contributed by atoms with van der Waals surface area (Å²) >= 11 is 0. The van der Waals surface area contributed by atoms with Gasteiger partial charge in [-0.25, -0.2) is 4.98 Å². The van der Waals surface area contributed by atoms with Gasteiger partial charge in [0.2, 0.25) is 5.71 Å². The number of para-hydroxylation sites is 2. The lowest BCUT2D eigenvalue weighted by atomic mass is 9.80. The van der Waals surface area contributed by atoms with Crippen LogP contribution in [0.2, 0.25) is 0 Å². The Balaban J connectivity index is 1.03. The van der Waals surface area contributed by atoms with Crippen LogP contribution in [0, 0.1) is 18.8 Å². The molecule has 4 aromatic heterocycles. The summed E-state index contributed by atoms with van der Waals surface area (Å²) in [6.45, 7) is 15.2. The van der Waals surface area contributed by atoms with Crippen molar-refractivity contribution < 1.29 is 14.3 Å². The largest absolute Gasteiger partial charge is 0.507 e. The number of hydrogen-bond donors (Lipinski definition) is 1. The van der Waals surface area contributed by atoms with Crippen LogP contribution in [0.4, 0.5) is 0 Å². The van der Waals surface area contributed by atoms with Crippen molar-refractivity contribution in [3.63, 3.8) is 0 Å². The minimum absolute atomic E-state index is 0.00233. The Morgan fingerprint density at radius 2 is 1.29 bits per heavy atom. The van der Waals surface area contributed by atoms with Gasteiger partial charge in [0.25, 0.3) is 0 Å². The van der Waals surface area contributed by atoms with E-state index in [9.17, 15) is 9.90 Å². The van der Waals surface area contributed by atoms with Gasteiger partial charge in [-0.15, -0.1) is 0 Å². The van der Waals surface area contributed by atoms with Gasteiger partial charge in [-0.05, 0) is 173 Å². The molecule has 6 heteroatoms. The highest BCUT2D eigenvalue weighted by Crippen LogP contribution is 2.44. The maximum Gasteiger partial charge on any atom is 0.227 e. The van der Waals surface area contributed by atoms with Crippen molar-refractivity contribution in [1.29, 1.82) is 0 Å². The van der Waals surface area contributed by atoms with E-state index >= 15 is 0 Å². The zero-order valence-electron chi connectivity index (χ0n) is 43.4. The highest BCUT2D eigenvalue weighted by atomic mass is 16.3. The van der Waals surface area contributed by atoms with E-state index in [-0.39, 0.29) is 29.3 Å². The Morgan fingerprint density at radius 1 is 0.613 bits per heavy atom. The second-order valence-electron chi connectivity index (χ2n) is 20.8. The van der Waals surface area contributed by atoms with Crippen LogP contribution in [0.3, 0.4) is 0 Å². The number of aromatic hydroxyl groups is 1. The van der Waals surface area contributed by atoms with Crippen LogP contribution in [-0.2, 0) is 11.8 Å². The SMILES string of the molecule is CC1=C(C)C(C)=C(c2ccc(-c3cc(C(C)(C)C)ccn3)cc2)C(c2cc(-c3ccccc3CCC(=O)c3ccccc3O)cc(-c3ccccc3-c3ccc(-c4cccc5c4oc4nc(C)ccc45)nc3)c2)C#C1. The first-order valence-corrected chi connectivity index (χ1v) is 25.7. The number of nitrogens with zero attached hydrogens (tertiary/aromatic N) is 3. The standard InChI is InChI=1S/C69H57N3O3/c1-42-23-31-57(66(45(4)44(42)3)48-27-25-47(26-28-48)63-40-53(35-36-70-63)69(5,6)7)52-38-50(54-16-9-8-15-46(54)30-34-65(74)61-19-12-13-22-64(61)73)37-51(39-52)56-18-11-10-17-55(56)49-29-33-62(71-41-49)60-21-14-20-58-59-32-24-43(2)72-68(59)75-67(58)60/h8-22,24-29,32-33,35-41,57,73H,30,34H2,1-7H3. The van der Waals surface area contributed by atoms with E-state index in [1.165, 1.54) is 16.7 Å². The zero-order valence-corrected chi connectivity index (χ0v) is 43.4. The third-order valence-electron chi connectivity index (χ3n) is 14.9. The minimum Gasteiger partial charge on any atom is -0.507 e. The molecule has 0 radical (unpaired) electrons. The van der Waals surface area contributed by atoms with E-state index in [0.29, 0.717) is 17.7 Å². The van der Waals surface area contributed by atoms with Crippen LogP contribution in [0.15, 0.2) is 203 Å². The average Bonchev–Trinajstić information content (AvgIpc) is 3.76. The molecule has 366 valence electrons. The molecule has 1 aliphatic carbocycles. The molecular formula is C69H57N3O3. The first-order chi connectivity index (χ1) is 36.3. The van der Waals surface area contributed by atoms with Crippen molar-refractivity contribution in [1.82, 2.24) is 15.0 Å². The number of benzene rings is 6. The van der Waals surface area contributed by atoms with Gasteiger partial charge in [0.05, 0.1) is 22.9 Å². The number of aromatic nitrogens is 3. The monoisotopic (exact) mass is 975 g/mol. The second kappa shape index (κ2) is 19.8. The van der Waals surface area contributed by atoms with Crippen molar-refractivity contribution >= 4 is 33.4 Å². The Labute approximate surface area is 439 Å². The molecule has 0 aliphatic heterocycles. The van der Waals surface area contributed by atoms with E-state index in [2.05, 4.69) is 186 Å². The summed E-state index contributed by atoms with van der Waals surface area (Å²) in [6, 6.07) is 58.1. The molecule has 0 spiro atoms. The summed E-state index contributed by atoms with van der Waals surface area (Å²) < 4.78 is 6.38. The zero-order chi connectivity index (χ0) is 52.0. The number of fused-ring (bicyclic) bond motifs is 3. The molecule has 0 fully saturated rings. The number of phenolic OH excluding ortho intramolecular Hbond substituents is 1. The number of pyridine rings is 3. The van der Waals surface area contributed by atoms with Gasteiger partial charge in [-0.2, -0.15) is 0 Å². The molecule has 10 aromatic rings. The summed E-state index contributed by atoms with van der Waals surface area (Å²) in [5.74, 6) is 6.97. The highest BCUT2D eigenvalue weighted by molar-refractivity contribution is 6.08. The number of allylic oxidation sites excluding steroid dienone is 4. The number of rotatable bonds is 11. The Hall–Kier alpha value is -8.92. The minimum atomic E-state index is -0.299. The van der Waals surface area contributed by atoms with Crippen molar-refractivity contribution in [3.8, 4) is 73.5 Å². The first-order valence-electron chi connectivity index (χ1n) is 25.7. The van der Waals surface area contributed by atoms with Crippen LogP contribution in [-0.4, -0.2) is 25.8 Å². The van der Waals surface area contributed by atoms with Crippen LogP contribution in [0.25, 0.3) is 83.5 Å². The van der Waals surface area contributed by atoms with Crippen molar-refractivity contribution in [2.75, 3.05) is 0 Å². The summed E-state index contributed by atoms with van der Waals surface area (Å²) in [4.78, 5) is 28.2. The van der Waals surface area contributed by atoms with Crippen LogP contribution < -0.4 is 0 Å². The molecule has 75 heavy (non-hydrogen) atoms. The molecule has 6 nitrogen and oxygen atoms in total. The molecule has 1 N–H and O–H groups in total. The predicted molar refractivity (Wildman–Crippen MR) is 306 cm³/mol. The maximum atomic E-state index is 13.6. The number of Topliss-reactive ketones (excluding diaryl/α,β-unsaturated/α-hetero) is 1. The fraction of sp³-hybridized carbons (Fsp3) is 0.159. The molecule has 0 amide bonds. The maximum absolute atomic E-state index is 13.6. The quantitative estimate of drug-likeness (QED) is 0.103. The van der Waals surface area contributed by atoms with E-state index in [1.54, 1.807) is 24.3 Å². The Kier molecular flexibility index (Phi) is 12.8.